The van der Waals surface area contributed by atoms with Crippen LogP contribution < -0.4 is 9.47 Å². The zero-order valence-corrected chi connectivity index (χ0v) is 14.7. The first-order chi connectivity index (χ1) is 11.7. The molecule has 0 fully saturated rings. The first kappa shape index (κ1) is 17.8. The molecule has 0 bridgehead atoms. The maximum Gasteiger partial charge on any atom is 0.339 e. The maximum absolute atomic E-state index is 12.0. The summed E-state index contributed by atoms with van der Waals surface area (Å²) in [5.74, 6) is 2.69. The molecule has 1 aromatic carbocycles. The highest BCUT2D eigenvalue weighted by molar-refractivity contribution is 9.10. The highest BCUT2D eigenvalue weighted by atomic mass is 79.9. The smallest absolute Gasteiger partial charge is 0.339 e. The fourth-order valence-corrected chi connectivity index (χ4v) is 2.47. The van der Waals surface area contributed by atoms with E-state index in [0.717, 1.165) is 5.56 Å². The fourth-order valence-electron chi connectivity index (χ4n) is 1.92. The van der Waals surface area contributed by atoms with Crippen molar-refractivity contribution in [3.8, 4) is 23.8 Å². The summed E-state index contributed by atoms with van der Waals surface area (Å²) in [7, 11) is 0. The van der Waals surface area contributed by atoms with Crippen molar-refractivity contribution in [2.75, 3.05) is 13.2 Å². The van der Waals surface area contributed by atoms with Crippen LogP contribution in [0.2, 0.25) is 0 Å². The Bertz CT molecular complexity index is 741. The fraction of sp³-hybridized carbons (Fsp3) is 0.222. The van der Waals surface area contributed by atoms with Gasteiger partial charge in [0.25, 0.3) is 0 Å². The Morgan fingerprint density at radius 3 is 2.88 bits per heavy atom. The van der Waals surface area contributed by atoms with E-state index in [1.807, 2.05) is 19.1 Å². The Morgan fingerprint density at radius 1 is 1.38 bits per heavy atom. The van der Waals surface area contributed by atoms with Crippen LogP contribution in [-0.4, -0.2) is 24.2 Å². The highest BCUT2D eigenvalue weighted by Crippen LogP contribution is 2.37. The van der Waals surface area contributed by atoms with Gasteiger partial charge in [-0.25, -0.2) is 4.79 Å². The van der Waals surface area contributed by atoms with Crippen molar-refractivity contribution in [2.45, 2.75) is 13.5 Å². The molecule has 0 amide bonds. The summed E-state index contributed by atoms with van der Waals surface area (Å²) in [6, 6.07) is 6.93. The molecule has 0 aliphatic rings. The van der Waals surface area contributed by atoms with E-state index in [0.29, 0.717) is 34.7 Å². The van der Waals surface area contributed by atoms with Crippen LogP contribution in [-0.2, 0) is 11.3 Å². The number of hydrogen-bond acceptors (Lipinski definition) is 5. The summed E-state index contributed by atoms with van der Waals surface area (Å²) in [5, 5.41) is 0. The average Bonchev–Trinajstić information content (AvgIpc) is 2.60. The van der Waals surface area contributed by atoms with Crippen molar-refractivity contribution in [1.29, 1.82) is 0 Å². The van der Waals surface area contributed by atoms with Crippen molar-refractivity contribution in [3.05, 3.63) is 52.3 Å². The van der Waals surface area contributed by atoms with Gasteiger partial charge in [0.05, 0.1) is 16.6 Å². The van der Waals surface area contributed by atoms with Crippen molar-refractivity contribution in [3.63, 3.8) is 0 Å². The molecule has 0 atom stereocenters. The van der Waals surface area contributed by atoms with Crippen molar-refractivity contribution >= 4 is 21.9 Å². The molecule has 5 nitrogen and oxygen atoms in total. The zero-order chi connectivity index (χ0) is 17.4. The lowest BCUT2D eigenvalue weighted by atomic mass is 10.2. The lowest BCUT2D eigenvalue weighted by molar-refractivity contribution is 0.0556. The van der Waals surface area contributed by atoms with Gasteiger partial charge in [0, 0.05) is 18.0 Å². The van der Waals surface area contributed by atoms with Crippen molar-refractivity contribution < 1.29 is 19.0 Å². The van der Waals surface area contributed by atoms with Crippen LogP contribution in [0.1, 0.15) is 22.8 Å². The van der Waals surface area contributed by atoms with Gasteiger partial charge in [-0.1, -0.05) is 12.0 Å². The molecular weight excluding hydrogens is 374 g/mol. The second-order valence-electron chi connectivity index (χ2n) is 4.65. The van der Waals surface area contributed by atoms with E-state index >= 15 is 0 Å². The van der Waals surface area contributed by atoms with E-state index in [-0.39, 0.29) is 6.61 Å². The number of pyridine rings is 1. The Balaban J connectivity index is 2.23. The molecule has 6 heteroatoms. The monoisotopic (exact) mass is 389 g/mol. The van der Waals surface area contributed by atoms with Crippen LogP contribution in [0.4, 0.5) is 0 Å². The summed E-state index contributed by atoms with van der Waals surface area (Å²) in [4.78, 5) is 16.0. The highest BCUT2D eigenvalue weighted by Gasteiger charge is 2.17. The number of hydrogen-bond donors (Lipinski definition) is 0. The molecule has 0 unspecified atom stereocenters. The second-order valence-corrected chi connectivity index (χ2v) is 5.50. The van der Waals surface area contributed by atoms with Crippen LogP contribution >= 0.6 is 15.9 Å². The number of carbonyl (C=O) groups excluding carboxylic acids is 1. The Morgan fingerprint density at radius 2 is 2.21 bits per heavy atom. The van der Waals surface area contributed by atoms with Crippen LogP contribution in [0.3, 0.4) is 0 Å². The van der Waals surface area contributed by atoms with E-state index in [2.05, 4.69) is 26.8 Å². The standard InChI is InChI=1S/C18H16BrNO4/c1-3-8-23-18(21)14-9-15(19)17(16(10-14)22-4-2)24-12-13-6-5-7-20-11-13/h1,5-7,9-11H,4,8,12H2,2H3. The van der Waals surface area contributed by atoms with Crippen LogP contribution in [0.15, 0.2) is 41.1 Å². The number of terminal acetylenes is 1. The Kier molecular flexibility index (Phi) is 6.64. The van der Waals surface area contributed by atoms with E-state index in [4.69, 9.17) is 20.6 Å². The number of rotatable bonds is 7. The number of benzene rings is 1. The van der Waals surface area contributed by atoms with E-state index in [1.54, 1.807) is 24.5 Å². The lowest BCUT2D eigenvalue weighted by Crippen LogP contribution is -2.07. The summed E-state index contributed by atoms with van der Waals surface area (Å²) in [6.45, 7) is 2.52. The summed E-state index contributed by atoms with van der Waals surface area (Å²) in [5.41, 5.74) is 1.25. The predicted octanol–water partition coefficient (Wildman–Crippen LogP) is 3.61. The van der Waals surface area contributed by atoms with Crippen LogP contribution in [0.25, 0.3) is 0 Å². The number of carbonyl (C=O) groups is 1. The second kappa shape index (κ2) is 8.94. The lowest BCUT2D eigenvalue weighted by Gasteiger charge is -2.15. The van der Waals surface area contributed by atoms with Gasteiger partial charge in [-0.05, 0) is 41.1 Å². The van der Waals surface area contributed by atoms with E-state index in [1.165, 1.54) is 0 Å². The minimum atomic E-state index is -0.520. The van der Waals surface area contributed by atoms with Gasteiger partial charge >= 0.3 is 5.97 Å². The molecule has 0 N–H and O–H groups in total. The molecule has 124 valence electrons. The molecule has 2 aromatic rings. The number of ether oxygens (including phenoxy) is 3. The number of aromatic nitrogens is 1. The Labute approximate surface area is 149 Å². The van der Waals surface area contributed by atoms with Gasteiger partial charge < -0.3 is 14.2 Å². The molecule has 0 aliphatic heterocycles. The predicted molar refractivity (Wildman–Crippen MR) is 93.0 cm³/mol. The molecule has 0 aliphatic carbocycles. The van der Waals surface area contributed by atoms with Gasteiger partial charge in [-0.3, -0.25) is 4.98 Å². The number of esters is 1. The SMILES string of the molecule is C#CCOC(=O)c1cc(Br)c(OCc2cccnc2)c(OCC)c1. The third kappa shape index (κ3) is 4.74. The average molecular weight is 390 g/mol. The quantitative estimate of drug-likeness (QED) is 0.534. The summed E-state index contributed by atoms with van der Waals surface area (Å²) >= 11 is 3.41. The van der Waals surface area contributed by atoms with Gasteiger partial charge in [0.2, 0.25) is 0 Å². The third-order valence-corrected chi connectivity index (χ3v) is 3.53. The van der Waals surface area contributed by atoms with Crippen LogP contribution in [0.5, 0.6) is 11.5 Å². The van der Waals surface area contributed by atoms with Gasteiger partial charge in [-0.2, -0.15) is 0 Å². The minimum absolute atomic E-state index is 0.0837. The van der Waals surface area contributed by atoms with E-state index in [9.17, 15) is 4.79 Å². The molecule has 1 aromatic heterocycles. The number of nitrogens with zero attached hydrogens (tertiary/aromatic N) is 1. The molecule has 2 rings (SSSR count). The third-order valence-electron chi connectivity index (χ3n) is 2.94. The molecule has 0 spiro atoms. The number of halogens is 1. The van der Waals surface area contributed by atoms with Crippen molar-refractivity contribution in [2.24, 2.45) is 0 Å². The molecule has 24 heavy (non-hydrogen) atoms. The van der Waals surface area contributed by atoms with Gasteiger partial charge in [0.15, 0.2) is 18.1 Å². The van der Waals surface area contributed by atoms with E-state index < -0.39 is 5.97 Å². The molecular formula is C18H16BrNO4. The first-order valence-electron chi connectivity index (χ1n) is 7.24. The normalized spacial score (nSPS) is 9.88. The topological polar surface area (TPSA) is 57.7 Å². The van der Waals surface area contributed by atoms with Gasteiger partial charge in [0.1, 0.15) is 6.61 Å². The maximum atomic E-state index is 12.0. The van der Waals surface area contributed by atoms with Crippen molar-refractivity contribution in [1.82, 2.24) is 4.98 Å². The first-order valence-corrected chi connectivity index (χ1v) is 8.03. The van der Waals surface area contributed by atoms with Crippen LogP contribution in [0, 0.1) is 12.3 Å². The zero-order valence-electron chi connectivity index (χ0n) is 13.1. The molecule has 0 radical (unpaired) electrons. The molecule has 1 heterocycles. The summed E-state index contributed by atoms with van der Waals surface area (Å²) < 4.78 is 16.9. The van der Waals surface area contributed by atoms with Gasteiger partial charge in [-0.15, -0.1) is 6.42 Å². The molecule has 0 saturated heterocycles. The molecule has 0 saturated carbocycles. The largest absolute Gasteiger partial charge is 0.490 e. The minimum Gasteiger partial charge on any atom is -0.490 e. The Hall–Kier alpha value is -2.52. The summed E-state index contributed by atoms with van der Waals surface area (Å²) in [6.07, 6.45) is 8.51.